The number of thioether (sulfide) groups is 1. The Bertz CT molecular complexity index is 1150. The summed E-state index contributed by atoms with van der Waals surface area (Å²) >= 11 is 2.41. The van der Waals surface area contributed by atoms with Gasteiger partial charge in [0.15, 0.2) is 14.2 Å². The van der Waals surface area contributed by atoms with Crippen LogP contribution in [0.5, 0.6) is 0 Å². The van der Waals surface area contributed by atoms with Crippen LogP contribution in [-0.4, -0.2) is 52.7 Å². The molecule has 0 radical (unpaired) electrons. The summed E-state index contributed by atoms with van der Waals surface area (Å²) < 4.78 is 43.5. The Kier molecular flexibility index (Phi) is 6.58. The van der Waals surface area contributed by atoms with Gasteiger partial charge in [-0.2, -0.15) is 0 Å². The SMILES string of the molecule is O=C(CSc1nnc(Nc2ccccc2F)s1)N(Cc1ccco1)[C@@H]1CCS(=O)(=O)C1. The number of carbonyl (C=O) groups excluding carboxylic acids is 1. The zero-order valence-corrected chi connectivity index (χ0v) is 18.7. The lowest BCUT2D eigenvalue weighted by atomic mass is 10.2. The first-order chi connectivity index (χ1) is 14.9. The molecule has 31 heavy (non-hydrogen) atoms. The van der Waals surface area contributed by atoms with Crippen molar-refractivity contribution in [1.29, 1.82) is 0 Å². The standard InChI is InChI=1S/C19H19FN4O4S3/c20-15-5-1-2-6-16(15)21-18-22-23-19(30-18)29-11-17(25)24(10-14-4-3-8-28-14)13-7-9-31(26,27)12-13/h1-6,8,13H,7,9-12H2,(H,21,22)/t13-/m1/s1. The van der Waals surface area contributed by atoms with Gasteiger partial charge in [0.05, 0.1) is 35.8 Å². The fraction of sp³-hybridized carbons (Fsp3) is 0.316. The lowest BCUT2D eigenvalue weighted by molar-refractivity contribution is -0.131. The zero-order valence-electron chi connectivity index (χ0n) is 16.2. The predicted octanol–water partition coefficient (Wildman–Crippen LogP) is 3.32. The second-order valence-corrected chi connectivity index (χ2v) is 11.4. The summed E-state index contributed by atoms with van der Waals surface area (Å²) in [7, 11) is -3.14. The van der Waals surface area contributed by atoms with Crippen molar-refractivity contribution in [2.75, 3.05) is 22.6 Å². The van der Waals surface area contributed by atoms with Gasteiger partial charge in [-0.05, 0) is 30.7 Å². The molecule has 164 valence electrons. The van der Waals surface area contributed by atoms with E-state index in [9.17, 15) is 17.6 Å². The summed E-state index contributed by atoms with van der Waals surface area (Å²) in [5.74, 6) is 0.0961. The number of halogens is 1. The Labute approximate surface area is 186 Å². The van der Waals surface area contributed by atoms with Crippen molar-refractivity contribution >= 4 is 49.7 Å². The molecule has 8 nitrogen and oxygen atoms in total. The minimum Gasteiger partial charge on any atom is -0.467 e. The van der Waals surface area contributed by atoms with Crippen molar-refractivity contribution in [2.24, 2.45) is 0 Å². The quantitative estimate of drug-likeness (QED) is 0.488. The summed E-state index contributed by atoms with van der Waals surface area (Å²) in [5.41, 5.74) is 0.290. The van der Waals surface area contributed by atoms with Crippen molar-refractivity contribution in [3.05, 3.63) is 54.2 Å². The largest absolute Gasteiger partial charge is 0.467 e. The van der Waals surface area contributed by atoms with Gasteiger partial charge in [0.2, 0.25) is 11.0 Å². The molecule has 1 fully saturated rings. The van der Waals surface area contributed by atoms with E-state index in [1.54, 1.807) is 35.2 Å². The fourth-order valence-electron chi connectivity index (χ4n) is 3.22. The number of hydrogen-bond acceptors (Lipinski definition) is 9. The first-order valence-corrected chi connectivity index (χ1v) is 13.0. The van der Waals surface area contributed by atoms with Crippen LogP contribution in [0.1, 0.15) is 12.2 Å². The lowest BCUT2D eigenvalue weighted by Crippen LogP contribution is -2.41. The molecular formula is C19H19FN4O4S3. The van der Waals surface area contributed by atoms with Crippen LogP contribution < -0.4 is 5.32 Å². The molecular weight excluding hydrogens is 463 g/mol. The van der Waals surface area contributed by atoms with Crippen molar-refractivity contribution < 1.29 is 22.0 Å². The molecule has 1 atom stereocenters. The van der Waals surface area contributed by atoms with E-state index in [0.717, 1.165) is 0 Å². The number of aromatic nitrogens is 2. The number of rotatable bonds is 8. The number of furan rings is 1. The average molecular weight is 483 g/mol. The highest BCUT2D eigenvalue weighted by molar-refractivity contribution is 8.01. The van der Waals surface area contributed by atoms with Gasteiger partial charge in [-0.15, -0.1) is 10.2 Å². The molecule has 1 N–H and O–H groups in total. The van der Waals surface area contributed by atoms with E-state index in [4.69, 9.17) is 4.42 Å². The second kappa shape index (κ2) is 9.37. The maximum absolute atomic E-state index is 13.8. The number of para-hydroxylation sites is 1. The number of hydrogen-bond donors (Lipinski definition) is 1. The number of nitrogens with zero attached hydrogens (tertiary/aromatic N) is 3. The second-order valence-electron chi connectivity index (χ2n) is 6.92. The molecule has 3 heterocycles. The van der Waals surface area contributed by atoms with E-state index in [1.165, 1.54) is 35.4 Å². The first kappa shape index (κ1) is 21.8. The van der Waals surface area contributed by atoms with Crippen molar-refractivity contribution in [3.8, 4) is 0 Å². The van der Waals surface area contributed by atoms with E-state index in [2.05, 4.69) is 15.5 Å². The van der Waals surface area contributed by atoms with Crippen molar-refractivity contribution in [1.82, 2.24) is 15.1 Å². The first-order valence-electron chi connectivity index (χ1n) is 9.40. The van der Waals surface area contributed by atoms with Crippen LogP contribution in [0.15, 0.2) is 51.4 Å². The zero-order chi connectivity index (χ0) is 21.8. The van der Waals surface area contributed by atoms with Gasteiger partial charge in [0.1, 0.15) is 11.6 Å². The maximum Gasteiger partial charge on any atom is 0.233 e. The van der Waals surface area contributed by atoms with Crippen LogP contribution in [0.25, 0.3) is 0 Å². The molecule has 0 aliphatic carbocycles. The van der Waals surface area contributed by atoms with Crippen LogP contribution >= 0.6 is 23.1 Å². The Morgan fingerprint density at radius 1 is 1.29 bits per heavy atom. The molecule has 0 bridgehead atoms. The van der Waals surface area contributed by atoms with Gasteiger partial charge >= 0.3 is 0 Å². The number of amides is 1. The Morgan fingerprint density at radius 3 is 2.84 bits per heavy atom. The smallest absolute Gasteiger partial charge is 0.233 e. The summed E-state index contributed by atoms with van der Waals surface area (Å²) in [6, 6.07) is 9.33. The maximum atomic E-state index is 13.8. The predicted molar refractivity (Wildman–Crippen MR) is 117 cm³/mol. The third-order valence-corrected chi connectivity index (χ3v) is 8.42. The Morgan fingerprint density at radius 2 is 2.13 bits per heavy atom. The van der Waals surface area contributed by atoms with Gasteiger partial charge in [0, 0.05) is 6.04 Å². The average Bonchev–Trinajstić information content (AvgIpc) is 3.48. The summed E-state index contributed by atoms with van der Waals surface area (Å²) in [6.45, 7) is 0.211. The van der Waals surface area contributed by atoms with Crippen LogP contribution in [0, 0.1) is 5.82 Å². The van der Waals surface area contributed by atoms with Crippen molar-refractivity contribution in [3.63, 3.8) is 0 Å². The minimum absolute atomic E-state index is 0.0420. The van der Waals surface area contributed by atoms with Crippen LogP contribution in [0.2, 0.25) is 0 Å². The summed E-state index contributed by atoms with van der Waals surface area (Å²) in [4.78, 5) is 14.5. The van der Waals surface area contributed by atoms with Gasteiger partial charge in [0.25, 0.3) is 0 Å². The minimum atomic E-state index is -3.14. The monoisotopic (exact) mass is 482 g/mol. The molecule has 0 saturated carbocycles. The molecule has 1 saturated heterocycles. The highest BCUT2D eigenvalue weighted by atomic mass is 32.2. The molecule has 1 aliphatic heterocycles. The molecule has 4 rings (SSSR count). The molecule has 1 aliphatic rings. The van der Waals surface area contributed by atoms with E-state index in [1.807, 2.05) is 0 Å². The van der Waals surface area contributed by atoms with E-state index in [0.29, 0.717) is 27.3 Å². The molecule has 1 amide bonds. The fourth-order valence-corrected chi connectivity index (χ4v) is 6.60. The highest BCUT2D eigenvalue weighted by Crippen LogP contribution is 2.29. The topological polar surface area (TPSA) is 105 Å². The number of nitrogens with one attached hydrogen (secondary N) is 1. The summed E-state index contributed by atoms with van der Waals surface area (Å²) in [5, 5.41) is 11.3. The Balaban J connectivity index is 1.39. The highest BCUT2D eigenvalue weighted by Gasteiger charge is 2.35. The molecule has 12 heteroatoms. The normalized spacial score (nSPS) is 17.5. The molecule has 1 aromatic carbocycles. The lowest BCUT2D eigenvalue weighted by Gasteiger charge is -2.27. The van der Waals surface area contributed by atoms with E-state index in [-0.39, 0.29) is 35.8 Å². The van der Waals surface area contributed by atoms with E-state index < -0.39 is 15.7 Å². The number of sulfone groups is 1. The molecule has 2 aromatic heterocycles. The van der Waals surface area contributed by atoms with Gasteiger partial charge < -0.3 is 14.6 Å². The Hall–Kier alpha value is -2.44. The number of benzene rings is 1. The molecule has 0 unspecified atom stereocenters. The van der Waals surface area contributed by atoms with Gasteiger partial charge in [-0.25, -0.2) is 12.8 Å². The third kappa shape index (κ3) is 5.63. The van der Waals surface area contributed by atoms with Crippen LogP contribution in [0.3, 0.4) is 0 Å². The van der Waals surface area contributed by atoms with E-state index >= 15 is 0 Å². The van der Waals surface area contributed by atoms with Gasteiger partial charge in [-0.1, -0.05) is 35.2 Å². The van der Waals surface area contributed by atoms with Gasteiger partial charge in [-0.3, -0.25) is 4.79 Å². The van der Waals surface area contributed by atoms with Crippen LogP contribution in [0.4, 0.5) is 15.2 Å². The molecule has 0 spiro atoms. The third-order valence-electron chi connectivity index (χ3n) is 4.72. The summed E-state index contributed by atoms with van der Waals surface area (Å²) in [6.07, 6.45) is 1.93. The molecule has 3 aromatic rings. The number of anilines is 2. The van der Waals surface area contributed by atoms with Crippen LogP contribution in [-0.2, 0) is 21.2 Å². The number of carbonyl (C=O) groups is 1. The van der Waals surface area contributed by atoms with Crippen molar-refractivity contribution in [2.45, 2.75) is 23.3 Å².